The third-order valence-corrected chi connectivity index (χ3v) is 3.89. The third-order valence-electron chi connectivity index (χ3n) is 3.89. The molecule has 0 aromatic rings. The minimum atomic E-state index is -0.101. The summed E-state index contributed by atoms with van der Waals surface area (Å²) < 4.78 is 5.28. The number of hydrogen-bond acceptors (Lipinski definition) is 2. The molecule has 0 N–H and O–H groups in total. The zero-order valence-electron chi connectivity index (χ0n) is 13.6. The predicted molar refractivity (Wildman–Crippen MR) is 82.2 cm³/mol. The van der Waals surface area contributed by atoms with Crippen LogP contribution in [0.2, 0.25) is 0 Å². The van der Waals surface area contributed by atoms with E-state index in [9.17, 15) is 4.79 Å². The molecule has 0 aliphatic carbocycles. The minimum Gasteiger partial charge on any atom is -0.463 e. The molecule has 2 heteroatoms. The number of rotatable bonds is 10. The molecule has 0 aromatic carbocycles. The van der Waals surface area contributed by atoms with E-state index in [1.165, 1.54) is 12.8 Å². The Morgan fingerprint density at radius 1 is 1.05 bits per heavy atom. The second kappa shape index (κ2) is 10.1. The zero-order valence-corrected chi connectivity index (χ0v) is 13.6. The van der Waals surface area contributed by atoms with E-state index in [0.717, 1.165) is 37.7 Å². The number of ether oxygens (including phenoxy) is 1. The van der Waals surface area contributed by atoms with E-state index in [-0.39, 0.29) is 11.4 Å². The van der Waals surface area contributed by atoms with Crippen LogP contribution in [0.3, 0.4) is 0 Å². The summed E-state index contributed by atoms with van der Waals surface area (Å²) >= 11 is 0. The van der Waals surface area contributed by atoms with Crippen LogP contribution in [0.1, 0.15) is 79.6 Å². The number of carbonyl (C=O) groups excluding carboxylic acids is 1. The van der Waals surface area contributed by atoms with Gasteiger partial charge in [-0.3, -0.25) is 0 Å². The van der Waals surface area contributed by atoms with E-state index < -0.39 is 0 Å². The average Bonchev–Trinajstić information content (AvgIpc) is 2.41. The van der Waals surface area contributed by atoms with Gasteiger partial charge in [-0.2, -0.15) is 0 Å². The van der Waals surface area contributed by atoms with Gasteiger partial charge >= 0.3 is 5.97 Å². The Morgan fingerprint density at radius 2 is 1.74 bits per heavy atom. The fourth-order valence-corrected chi connectivity index (χ4v) is 2.86. The summed E-state index contributed by atoms with van der Waals surface area (Å²) in [6.45, 7) is 11.0. The maximum absolute atomic E-state index is 12.3. The highest BCUT2D eigenvalue weighted by atomic mass is 16.5. The van der Waals surface area contributed by atoms with Crippen molar-refractivity contribution in [2.45, 2.75) is 79.6 Å². The van der Waals surface area contributed by atoms with Crippen LogP contribution in [0.4, 0.5) is 0 Å². The Kier molecular flexibility index (Phi) is 9.63. The lowest BCUT2D eigenvalue weighted by molar-refractivity contribution is -0.140. The third kappa shape index (κ3) is 5.38. The first-order valence-electron chi connectivity index (χ1n) is 7.99. The molecule has 2 nitrogen and oxygen atoms in total. The van der Waals surface area contributed by atoms with Gasteiger partial charge in [-0.05, 0) is 32.6 Å². The number of unbranched alkanes of at least 4 members (excludes halogenated alkanes) is 1. The summed E-state index contributed by atoms with van der Waals surface area (Å²) in [5.41, 5.74) is 0.946. The van der Waals surface area contributed by atoms with Gasteiger partial charge in [0.15, 0.2) is 0 Å². The molecule has 0 radical (unpaired) electrons. The van der Waals surface area contributed by atoms with Crippen LogP contribution < -0.4 is 0 Å². The topological polar surface area (TPSA) is 26.3 Å². The van der Waals surface area contributed by atoms with Crippen molar-refractivity contribution in [3.63, 3.8) is 0 Å². The Labute approximate surface area is 119 Å². The summed E-state index contributed by atoms with van der Waals surface area (Å²) in [5, 5.41) is 0. The standard InChI is InChI=1S/C17H32O2/c1-6-11-14-17(9-4,13-8-3)15(12-7-2)16(18)19-10-5/h12H,6-11,13-14H2,1-5H3/b15-12+. The molecule has 0 aliphatic heterocycles. The molecule has 0 aliphatic rings. The molecule has 19 heavy (non-hydrogen) atoms. The van der Waals surface area contributed by atoms with Crippen molar-refractivity contribution in [2.24, 2.45) is 5.41 Å². The van der Waals surface area contributed by atoms with Crippen LogP contribution in [0.15, 0.2) is 11.6 Å². The van der Waals surface area contributed by atoms with E-state index >= 15 is 0 Å². The SMILES string of the molecule is CC/C=C(\C(=O)OCC)C(CC)(CCC)CCCC. The summed E-state index contributed by atoms with van der Waals surface area (Å²) in [6, 6.07) is 0. The largest absolute Gasteiger partial charge is 0.463 e. The van der Waals surface area contributed by atoms with Crippen LogP contribution in [0.5, 0.6) is 0 Å². The Bertz CT molecular complexity index is 281. The predicted octanol–water partition coefficient (Wildman–Crippen LogP) is 5.27. The van der Waals surface area contributed by atoms with Gasteiger partial charge in [0.1, 0.15) is 0 Å². The molecule has 0 saturated heterocycles. The van der Waals surface area contributed by atoms with Crippen molar-refractivity contribution in [3.05, 3.63) is 11.6 Å². The van der Waals surface area contributed by atoms with Crippen LogP contribution >= 0.6 is 0 Å². The monoisotopic (exact) mass is 268 g/mol. The summed E-state index contributed by atoms with van der Waals surface area (Å²) in [5.74, 6) is -0.101. The smallest absolute Gasteiger partial charge is 0.334 e. The van der Waals surface area contributed by atoms with E-state index in [1.807, 2.05) is 6.92 Å². The van der Waals surface area contributed by atoms with Gasteiger partial charge in [-0.25, -0.2) is 4.79 Å². The first-order chi connectivity index (χ1) is 9.11. The highest BCUT2D eigenvalue weighted by Gasteiger charge is 2.35. The highest BCUT2D eigenvalue weighted by molar-refractivity contribution is 5.90. The van der Waals surface area contributed by atoms with Crippen molar-refractivity contribution in [2.75, 3.05) is 6.61 Å². The van der Waals surface area contributed by atoms with Gasteiger partial charge in [0, 0.05) is 11.0 Å². The van der Waals surface area contributed by atoms with Crippen molar-refractivity contribution < 1.29 is 9.53 Å². The second-order valence-electron chi connectivity index (χ2n) is 5.23. The molecule has 1 atom stereocenters. The Morgan fingerprint density at radius 3 is 2.16 bits per heavy atom. The number of hydrogen-bond donors (Lipinski definition) is 0. The Hall–Kier alpha value is -0.790. The summed E-state index contributed by atoms with van der Waals surface area (Å²) in [4.78, 5) is 12.3. The summed E-state index contributed by atoms with van der Waals surface area (Å²) in [7, 11) is 0. The lowest BCUT2D eigenvalue weighted by Crippen LogP contribution is -2.29. The zero-order chi connectivity index (χ0) is 14.7. The highest BCUT2D eigenvalue weighted by Crippen LogP contribution is 2.42. The number of esters is 1. The van der Waals surface area contributed by atoms with Crippen LogP contribution in [0.25, 0.3) is 0 Å². The molecule has 0 saturated carbocycles. The first kappa shape index (κ1) is 18.2. The molecule has 112 valence electrons. The molecule has 0 rings (SSSR count). The van der Waals surface area contributed by atoms with Gasteiger partial charge in [0.05, 0.1) is 6.61 Å². The maximum Gasteiger partial charge on any atom is 0.334 e. The van der Waals surface area contributed by atoms with Crippen LogP contribution in [-0.4, -0.2) is 12.6 Å². The molecule has 0 bridgehead atoms. The van der Waals surface area contributed by atoms with Gasteiger partial charge in [-0.1, -0.05) is 53.0 Å². The molecular weight excluding hydrogens is 236 g/mol. The molecule has 0 spiro atoms. The minimum absolute atomic E-state index is 0.0209. The summed E-state index contributed by atoms with van der Waals surface area (Å²) in [6.07, 6.45) is 9.64. The fourth-order valence-electron chi connectivity index (χ4n) is 2.86. The number of allylic oxidation sites excluding steroid dienone is 1. The van der Waals surface area contributed by atoms with Gasteiger partial charge < -0.3 is 4.74 Å². The van der Waals surface area contributed by atoms with Crippen molar-refractivity contribution in [1.29, 1.82) is 0 Å². The second-order valence-corrected chi connectivity index (χ2v) is 5.23. The fraction of sp³-hybridized carbons (Fsp3) is 0.824. The van der Waals surface area contributed by atoms with Crippen molar-refractivity contribution >= 4 is 5.97 Å². The van der Waals surface area contributed by atoms with Crippen LogP contribution in [0, 0.1) is 5.41 Å². The van der Waals surface area contributed by atoms with Crippen LogP contribution in [-0.2, 0) is 9.53 Å². The molecule has 0 aromatic heterocycles. The quantitative estimate of drug-likeness (QED) is 0.398. The van der Waals surface area contributed by atoms with E-state index in [4.69, 9.17) is 4.74 Å². The molecule has 0 heterocycles. The van der Waals surface area contributed by atoms with E-state index in [0.29, 0.717) is 6.61 Å². The lowest BCUT2D eigenvalue weighted by Gasteiger charge is -2.34. The van der Waals surface area contributed by atoms with Gasteiger partial charge in [-0.15, -0.1) is 0 Å². The molecule has 0 amide bonds. The van der Waals surface area contributed by atoms with E-state index in [1.54, 1.807) is 0 Å². The number of carbonyl (C=O) groups is 1. The molecule has 1 unspecified atom stereocenters. The van der Waals surface area contributed by atoms with Crippen molar-refractivity contribution in [1.82, 2.24) is 0 Å². The lowest BCUT2D eigenvalue weighted by atomic mass is 9.70. The molecular formula is C17H32O2. The van der Waals surface area contributed by atoms with Gasteiger partial charge in [0.25, 0.3) is 0 Å². The maximum atomic E-state index is 12.3. The van der Waals surface area contributed by atoms with Crippen molar-refractivity contribution in [3.8, 4) is 0 Å². The first-order valence-corrected chi connectivity index (χ1v) is 7.99. The average molecular weight is 268 g/mol. The van der Waals surface area contributed by atoms with E-state index in [2.05, 4.69) is 33.8 Å². The normalized spacial score (nSPS) is 15.1. The molecule has 0 fully saturated rings. The Balaban J connectivity index is 5.33. The van der Waals surface area contributed by atoms with Gasteiger partial charge in [0.2, 0.25) is 0 Å².